The van der Waals surface area contributed by atoms with E-state index in [9.17, 15) is 4.79 Å². The van der Waals surface area contributed by atoms with E-state index in [1.807, 2.05) is 30.5 Å². The number of carbonyl (C=O) groups is 1. The van der Waals surface area contributed by atoms with Gasteiger partial charge in [0.1, 0.15) is 0 Å². The lowest BCUT2D eigenvalue weighted by molar-refractivity contribution is -0.111. The number of aromatic nitrogens is 2. The molecule has 0 bridgehead atoms. The maximum absolute atomic E-state index is 11.9. The SMILES string of the molecule is O=C(/C=C/C1CCCC1)Nc1cccn2nccc12. The van der Waals surface area contributed by atoms with Gasteiger partial charge in [-0.05, 0) is 43.0 Å². The summed E-state index contributed by atoms with van der Waals surface area (Å²) in [6, 6.07) is 5.64. The van der Waals surface area contributed by atoms with Crippen molar-refractivity contribution in [2.75, 3.05) is 5.32 Å². The molecule has 3 rings (SSSR count). The fraction of sp³-hybridized carbons (Fsp3) is 0.333. The molecule has 1 aliphatic carbocycles. The Morgan fingerprint density at radius 3 is 3.05 bits per heavy atom. The lowest BCUT2D eigenvalue weighted by atomic mass is 10.1. The van der Waals surface area contributed by atoms with Gasteiger partial charge in [-0.15, -0.1) is 0 Å². The molecule has 0 spiro atoms. The van der Waals surface area contributed by atoms with Crippen LogP contribution in [0.4, 0.5) is 5.69 Å². The number of amides is 1. The molecular formula is C15H17N3O. The van der Waals surface area contributed by atoms with Crippen LogP contribution in [0.5, 0.6) is 0 Å². The second-order valence-corrected chi connectivity index (χ2v) is 4.98. The number of hydrogen-bond donors (Lipinski definition) is 1. The average Bonchev–Trinajstić information content (AvgIpc) is 3.08. The third-order valence-corrected chi connectivity index (χ3v) is 3.61. The van der Waals surface area contributed by atoms with Gasteiger partial charge in [-0.2, -0.15) is 5.10 Å². The van der Waals surface area contributed by atoms with Crippen LogP contribution in [0.25, 0.3) is 5.52 Å². The Kier molecular flexibility index (Phi) is 3.31. The zero-order chi connectivity index (χ0) is 13.1. The molecule has 0 radical (unpaired) electrons. The van der Waals surface area contributed by atoms with E-state index in [0.29, 0.717) is 5.92 Å². The predicted molar refractivity (Wildman–Crippen MR) is 74.9 cm³/mol. The van der Waals surface area contributed by atoms with Crippen LogP contribution in [0.3, 0.4) is 0 Å². The first kappa shape index (κ1) is 12.0. The zero-order valence-electron chi connectivity index (χ0n) is 10.7. The van der Waals surface area contributed by atoms with E-state index in [0.717, 1.165) is 11.2 Å². The molecule has 0 atom stereocenters. The minimum atomic E-state index is -0.0683. The highest BCUT2D eigenvalue weighted by Crippen LogP contribution is 2.25. The number of fused-ring (bicyclic) bond motifs is 1. The van der Waals surface area contributed by atoms with Gasteiger partial charge >= 0.3 is 0 Å². The summed E-state index contributed by atoms with van der Waals surface area (Å²) in [7, 11) is 0. The van der Waals surface area contributed by atoms with E-state index in [4.69, 9.17) is 0 Å². The molecule has 1 N–H and O–H groups in total. The van der Waals surface area contributed by atoms with Crippen LogP contribution in [0.2, 0.25) is 0 Å². The molecule has 2 heterocycles. The minimum absolute atomic E-state index is 0.0683. The van der Waals surface area contributed by atoms with E-state index >= 15 is 0 Å². The Balaban J connectivity index is 1.70. The van der Waals surface area contributed by atoms with E-state index in [1.165, 1.54) is 25.7 Å². The molecule has 1 saturated carbocycles. The number of nitrogens with zero attached hydrogens (tertiary/aromatic N) is 2. The Morgan fingerprint density at radius 1 is 1.37 bits per heavy atom. The normalized spacial score (nSPS) is 16.4. The molecule has 1 aliphatic rings. The molecular weight excluding hydrogens is 238 g/mol. The van der Waals surface area contributed by atoms with Gasteiger partial charge in [-0.25, -0.2) is 4.52 Å². The highest BCUT2D eigenvalue weighted by atomic mass is 16.1. The Morgan fingerprint density at radius 2 is 2.21 bits per heavy atom. The molecule has 2 aromatic rings. The zero-order valence-corrected chi connectivity index (χ0v) is 10.7. The summed E-state index contributed by atoms with van der Waals surface area (Å²) in [5, 5.41) is 7.05. The van der Waals surface area contributed by atoms with Crippen LogP contribution in [-0.2, 0) is 4.79 Å². The molecule has 1 amide bonds. The highest BCUT2D eigenvalue weighted by Gasteiger charge is 2.12. The number of rotatable bonds is 3. The van der Waals surface area contributed by atoms with Crippen LogP contribution in [-0.4, -0.2) is 15.5 Å². The van der Waals surface area contributed by atoms with Gasteiger partial charge in [0, 0.05) is 6.20 Å². The van der Waals surface area contributed by atoms with Crippen molar-refractivity contribution in [1.82, 2.24) is 9.61 Å². The molecule has 19 heavy (non-hydrogen) atoms. The summed E-state index contributed by atoms with van der Waals surface area (Å²) in [6.45, 7) is 0. The number of allylic oxidation sites excluding steroid dienone is 1. The Bertz CT molecular complexity index is 609. The smallest absolute Gasteiger partial charge is 0.248 e. The van der Waals surface area contributed by atoms with Crippen molar-refractivity contribution in [1.29, 1.82) is 0 Å². The number of anilines is 1. The Labute approximate surface area is 112 Å². The topological polar surface area (TPSA) is 46.4 Å². The molecule has 4 nitrogen and oxygen atoms in total. The van der Waals surface area contributed by atoms with E-state index in [-0.39, 0.29) is 5.91 Å². The molecule has 0 saturated heterocycles. The largest absolute Gasteiger partial charge is 0.321 e. The number of nitrogens with one attached hydrogen (secondary N) is 1. The van der Waals surface area contributed by atoms with E-state index < -0.39 is 0 Å². The standard InChI is InChI=1S/C15H17N3O/c19-15(8-7-12-4-1-2-5-12)17-13-6-3-11-18-14(13)9-10-16-18/h3,6-12H,1-2,4-5H2,(H,17,19)/b8-7+. The maximum Gasteiger partial charge on any atom is 0.248 e. The Hall–Kier alpha value is -2.10. The molecule has 0 aliphatic heterocycles. The first-order chi connectivity index (χ1) is 9.33. The van der Waals surface area contributed by atoms with E-state index in [2.05, 4.69) is 10.4 Å². The van der Waals surface area contributed by atoms with Crippen LogP contribution >= 0.6 is 0 Å². The van der Waals surface area contributed by atoms with Crippen molar-refractivity contribution in [2.24, 2.45) is 5.92 Å². The molecule has 98 valence electrons. The van der Waals surface area contributed by atoms with Crippen LogP contribution in [0.15, 0.2) is 42.7 Å². The maximum atomic E-state index is 11.9. The lowest BCUT2D eigenvalue weighted by Crippen LogP contribution is -2.09. The summed E-state index contributed by atoms with van der Waals surface area (Å²) in [4.78, 5) is 11.9. The van der Waals surface area contributed by atoms with Gasteiger partial charge in [-0.3, -0.25) is 4.79 Å². The molecule has 0 unspecified atom stereocenters. The fourth-order valence-electron chi connectivity index (χ4n) is 2.61. The summed E-state index contributed by atoms with van der Waals surface area (Å²) < 4.78 is 1.75. The molecule has 2 aromatic heterocycles. The van der Waals surface area contributed by atoms with Crippen molar-refractivity contribution in [3.63, 3.8) is 0 Å². The number of carbonyl (C=O) groups excluding carboxylic acids is 1. The van der Waals surface area contributed by atoms with Gasteiger partial charge in [-0.1, -0.05) is 18.9 Å². The van der Waals surface area contributed by atoms with E-state index in [1.54, 1.807) is 16.8 Å². The van der Waals surface area contributed by atoms with Crippen molar-refractivity contribution in [3.8, 4) is 0 Å². The average molecular weight is 255 g/mol. The van der Waals surface area contributed by atoms with Gasteiger partial charge in [0.2, 0.25) is 5.91 Å². The van der Waals surface area contributed by atoms with Gasteiger partial charge in [0.15, 0.2) is 0 Å². The quantitative estimate of drug-likeness (QED) is 0.857. The number of hydrogen-bond acceptors (Lipinski definition) is 2. The summed E-state index contributed by atoms with van der Waals surface area (Å²) >= 11 is 0. The van der Waals surface area contributed by atoms with Crippen LogP contribution < -0.4 is 5.32 Å². The molecule has 1 fully saturated rings. The van der Waals surface area contributed by atoms with Crippen molar-refractivity contribution >= 4 is 17.1 Å². The summed E-state index contributed by atoms with van der Waals surface area (Å²) in [5.41, 5.74) is 1.70. The first-order valence-electron chi connectivity index (χ1n) is 6.74. The fourth-order valence-corrected chi connectivity index (χ4v) is 2.61. The molecule has 0 aromatic carbocycles. The third kappa shape index (κ3) is 2.67. The summed E-state index contributed by atoms with van der Waals surface area (Å²) in [5.74, 6) is 0.512. The second kappa shape index (κ2) is 5.26. The van der Waals surface area contributed by atoms with Gasteiger partial charge < -0.3 is 5.32 Å². The highest BCUT2D eigenvalue weighted by molar-refractivity contribution is 6.01. The first-order valence-corrected chi connectivity index (χ1v) is 6.74. The van der Waals surface area contributed by atoms with Gasteiger partial charge in [0.25, 0.3) is 0 Å². The van der Waals surface area contributed by atoms with Crippen LogP contribution in [0.1, 0.15) is 25.7 Å². The monoisotopic (exact) mass is 255 g/mol. The minimum Gasteiger partial charge on any atom is -0.321 e. The lowest BCUT2D eigenvalue weighted by Gasteiger charge is -2.05. The second-order valence-electron chi connectivity index (χ2n) is 4.98. The van der Waals surface area contributed by atoms with Crippen molar-refractivity contribution < 1.29 is 4.79 Å². The number of pyridine rings is 1. The predicted octanol–water partition coefficient (Wildman–Crippen LogP) is 3.02. The van der Waals surface area contributed by atoms with Crippen molar-refractivity contribution in [2.45, 2.75) is 25.7 Å². The van der Waals surface area contributed by atoms with Crippen LogP contribution in [0, 0.1) is 5.92 Å². The van der Waals surface area contributed by atoms with Gasteiger partial charge in [0.05, 0.1) is 17.4 Å². The third-order valence-electron chi connectivity index (χ3n) is 3.61. The molecule has 4 heteroatoms. The summed E-state index contributed by atoms with van der Waals surface area (Å²) in [6.07, 6.45) is 12.3. The van der Waals surface area contributed by atoms with Crippen molar-refractivity contribution in [3.05, 3.63) is 42.7 Å².